The van der Waals surface area contributed by atoms with Gasteiger partial charge in [0.25, 0.3) is 43.4 Å². The van der Waals surface area contributed by atoms with Crippen molar-refractivity contribution in [2.45, 2.75) is 58.8 Å². The lowest BCUT2D eigenvalue weighted by Gasteiger charge is -2.20. The highest BCUT2D eigenvalue weighted by molar-refractivity contribution is 5.61. The number of aromatic hydroxyl groups is 5. The van der Waals surface area contributed by atoms with Crippen molar-refractivity contribution in [2.75, 3.05) is 46.3 Å². The van der Waals surface area contributed by atoms with Gasteiger partial charge in [0.15, 0.2) is 23.5 Å². The zero-order valence-corrected chi connectivity index (χ0v) is 30.8. The Hall–Kier alpha value is -6.28. The van der Waals surface area contributed by atoms with Gasteiger partial charge in [0, 0.05) is 32.1 Å². The van der Waals surface area contributed by atoms with E-state index < -0.39 is 77.8 Å². The molecule has 7 rings (SSSR count). The summed E-state index contributed by atoms with van der Waals surface area (Å²) in [5.41, 5.74) is -6.63. The molecule has 55 heavy (non-hydrogen) atoms. The molecular formula is C35H40N2O18. The summed E-state index contributed by atoms with van der Waals surface area (Å²) < 4.78 is 14.4. The molecule has 5 aromatic carbocycles. The van der Waals surface area contributed by atoms with Gasteiger partial charge in [-0.2, -0.15) is 0 Å². The van der Waals surface area contributed by atoms with E-state index in [9.17, 15) is 53.1 Å². The van der Waals surface area contributed by atoms with Crippen molar-refractivity contribution >= 4 is 5.69 Å². The molecule has 0 radical (unpaired) electrons. The van der Waals surface area contributed by atoms with E-state index in [0.29, 0.717) is 18.6 Å². The van der Waals surface area contributed by atoms with Crippen LogP contribution in [0.3, 0.4) is 0 Å². The first-order valence-electron chi connectivity index (χ1n) is 16.5. The van der Waals surface area contributed by atoms with E-state index in [4.69, 9.17) is 29.9 Å². The number of methoxy groups -OCH3 is 1. The average molecular weight is 777 g/mol. The van der Waals surface area contributed by atoms with Gasteiger partial charge >= 0.3 is 0 Å². The molecule has 0 aromatic heterocycles. The molecule has 0 aliphatic carbocycles. The van der Waals surface area contributed by atoms with Crippen LogP contribution in [0.5, 0.6) is 40.2 Å². The quantitative estimate of drug-likeness (QED) is 0.117. The van der Waals surface area contributed by atoms with E-state index in [2.05, 4.69) is 4.74 Å². The molecule has 298 valence electrons. The summed E-state index contributed by atoms with van der Waals surface area (Å²) in [6.07, 6.45) is 2.92. The second-order valence-electron chi connectivity index (χ2n) is 11.9. The number of hydrogen-bond donors (Lipinski definition) is 5. The Bertz CT molecular complexity index is 2450. The number of ether oxygens (including phenoxy) is 3. The van der Waals surface area contributed by atoms with Gasteiger partial charge in [-0.1, -0.05) is 13.8 Å². The standard InChI is InChI=1S/C9H11NO3.C8H8O5.C6H7NO3.C5H4O4.C5H4O3.C2H6/c1-10-4-2-3-5(10)6-7(11)9(13)8(6)12;9-5-6(10)8(7(5)11)13-4-2-1-3-12-4;1-7(2)3-4(8)6(10)5(3)9;1-9-5-3(7)2(6)4(5)8;1-2-3(6)5(8)4(2)7;1-2/h5,11H,2-4H2,1H3;4,10H,1-3H2;8H,1-2H3;7H,1H3;6H,1H3;1-2H3. The van der Waals surface area contributed by atoms with Gasteiger partial charge in [-0.15, -0.1) is 0 Å². The molecule has 5 aromatic rings. The molecule has 0 amide bonds. The number of anilines is 1. The van der Waals surface area contributed by atoms with Crippen molar-refractivity contribution in [2.24, 2.45) is 0 Å². The van der Waals surface area contributed by atoms with Crippen molar-refractivity contribution < 1.29 is 39.7 Å². The first kappa shape index (κ1) is 44.9. The van der Waals surface area contributed by atoms with Crippen LogP contribution in [0.25, 0.3) is 0 Å². The minimum atomic E-state index is -0.881. The Morgan fingerprint density at radius 3 is 1.42 bits per heavy atom. The van der Waals surface area contributed by atoms with Gasteiger partial charge in [-0.05, 0) is 39.8 Å². The van der Waals surface area contributed by atoms with Crippen LogP contribution in [-0.4, -0.2) is 78.1 Å². The van der Waals surface area contributed by atoms with Crippen LogP contribution >= 0.6 is 0 Å². The Balaban J connectivity index is 0.000000238. The fourth-order valence-corrected chi connectivity index (χ4v) is 5.05. The summed E-state index contributed by atoms with van der Waals surface area (Å²) in [5, 5.41) is 43.9. The summed E-state index contributed by atoms with van der Waals surface area (Å²) in [4.78, 5) is 108. The zero-order valence-electron chi connectivity index (χ0n) is 30.8. The largest absolute Gasteiger partial charge is 0.504 e. The molecule has 2 unspecified atom stereocenters. The molecule has 20 heteroatoms. The molecule has 0 bridgehead atoms. The maximum absolute atomic E-state index is 11.1. The predicted molar refractivity (Wildman–Crippen MR) is 196 cm³/mol. The Morgan fingerprint density at radius 2 is 1.11 bits per heavy atom. The van der Waals surface area contributed by atoms with Crippen LogP contribution in [0.1, 0.15) is 56.7 Å². The first-order valence-corrected chi connectivity index (χ1v) is 16.5. The summed E-state index contributed by atoms with van der Waals surface area (Å²) in [6, 6.07) is -0.0369. The van der Waals surface area contributed by atoms with Crippen LogP contribution in [0, 0.1) is 6.92 Å². The minimum absolute atomic E-state index is 0.0369. The summed E-state index contributed by atoms with van der Waals surface area (Å²) >= 11 is 0. The van der Waals surface area contributed by atoms with Gasteiger partial charge in [-0.25, -0.2) is 0 Å². The highest BCUT2D eigenvalue weighted by Crippen LogP contribution is 2.32. The lowest BCUT2D eigenvalue weighted by Crippen LogP contribution is -2.38. The summed E-state index contributed by atoms with van der Waals surface area (Å²) in [5.74, 6) is -2.76. The molecule has 2 aliphatic heterocycles. The number of rotatable bonds is 5. The van der Waals surface area contributed by atoms with Gasteiger partial charge in [0.1, 0.15) is 5.69 Å². The van der Waals surface area contributed by atoms with Crippen molar-refractivity contribution in [3.8, 4) is 40.2 Å². The second kappa shape index (κ2) is 18.7. The monoisotopic (exact) mass is 776 g/mol. The van der Waals surface area contributed by atoms with Crippen LogP contribution < -0.4 is 68.7 Å². The maximum Gasteiger partial charge on any atom is 0.275 e. The fraction of sp³-hybridized carbons (Fsp3) is 0.429. The van der Waals surface area contributed by atoms with Crippen LogP contribution in [0.2, 0.25) is 0 Å². The topological polar surface area (TPSA) is 306 Å². The van der Waals surface area contributed by atoms with E-state index in [1.54, 1.807) is 14.1 Å². The number of nitrogens with zero attached hydrogens (tertiary/aromatic N) is 2. The normalized spacial score (nSPS) is 16.1. The Labute approximate surface area is 308 Å². The lowest BCUT2D eigenvalue weighted by atomic mass is 9.99. The fourth-order valence-electron chi connectivity index (χ4n) is 5.05. The molecule has 0 saturated carbocycles. The van der Waals surface area contributed by atoms with Gasteiger partial charge in [0.2, 0.25) is 33.9 Å². The Morgan fingerprint density at radius 1 is 0.618 bits per heavy atom. The smallest absolute Gasteiger partial charge is 0.275 e. The average Bonchev–Trinajstić information content (AvgIpc) is 3.88. The van der Waals surface area contributed by atoms with E-state index in [1.165, 1.54) is 18.9 Å². The molecule has 0 spiro atoms. The van der Waals surface area contributed by atoms with E-state index in [0.717, 1.165) is 25.8 Å². The van der Waals surface area contributed by atoms with Crippen molar-refractivity contribution in [1.82, 2.24) is 4.90 Å². The highest BCUT2D eigenvalue weighted by atomic mass is 16.7. The first-order chi connectivity index (χ1) is 25.7. The number of likely N-dealkylation sites (tertiary alicyclic amines) is 1. The molecule has 2 fully saturated rings. The zero-order chi connectivity index (χ0) is 42.2. The second-order valence-corrected chi connectivity index (χ2v) is 11.9. The van der Waals surface area contributed by atoms with E-state index in [1.807, 2.05) is 25.8 Å². The third-order valence-electron chi connectivity index (χ3n) is 8.23. The molecule has 20 nitrogen and oxygen atoms in total. The molecule has 2 aliphatic rings. The van der Waals surface area contributed by atoms with Gasteiger partial charge in [-0.3, -0.25) is 52.8 Å². The third kappa shape index (κ3) is 9.10. The molecule has 2 saturated heterocycles. The van der Waals surface area contributed by atoms with Crippen LogP contribution in [0.4, 0.5) is 5.69 Å². The minimum Gasteiger partial charge on any atom is -0.504 e. The van der Waals surface area contributed by atoms with Gasteiger partial charge < -0.3 is 44.6 Å². The molecular weight excluding hydrogens is 736 g/mol. The molecule has 5 N–H and O–H groups in total. The highest BCUT2D eigenvalue weighted by Gasteiger charge is 2.33. The SMILES string of the molecule is CC.CN(C)c1c(O)c(=O)c1=O.CN1CCCC1c1c(O)c(=O)c1=O.COc1c(O)c(=O)c1=O.Cc1c(O)c(=O)c1=O.O=c1c(O)c(OC2CCCO2)c1=O. The lowest BCUT2D eigenvalue weighted by molar-refractivity contribution is -0.0419. The Kier molecular flexibility index (Phi) is 15.2. The van der Waals surface area contributed by atoms with Crippen molar-refractivity contribution in [3.05, 3.63) is 113 Å². The van der Waals surface area contributed by atoms with E-state index in [-0.39, 0.29) is 40.3 Å². The molecule has 2 atom stereocenters. The molecule has 2 heterocycles. The number of hydrogen-bond acceptors (Lipinski definition) is 20. The van der Waals surface area contributed by atoms with Crippen LogP contribution in [-0.2, 0) is 4.74 Å². The maximum atomic E-state index is 11.1. The van der Waals surface area contributed by atoms with Crippen molar-refractivity contribution in [1.29, 1.82) is 0 Å². The predicted octanol–water partition coefficient (Wildman–Crippen LogP) is -2.37. The third-order valence-corrected chi connectivity index (χ3v) is 8.23. The van der Waals surface area contributed by atoms with Crippen molar-refractivity contribution in [3.63, 3.8) is 0 Å². The van der Waals surface area contributed by atoms with E-state index >= 15 is 0 Å². The van der Waals surface area contributed by atoms with Crippen LogP contribution in [0.15, 0.2) is 47.9 Å². The van der Waals surface area contributed by atoms with Gasteiger partial charge in [0.05, 0.1) is 19.3 Å². The summed E-state index contributed by atoms with van der Waals surface area (Å²) in [6.45, 7) is 6.92. The summed E-state index contributed by atoms with van der Waals surface area (Å²) in [7, 11) is 6.30.